The van der Waals surface area contributed by atoms with Gasteiger partial charge in [-0.05, 0) is 49.6 Å². The first kappa shape index (κ1) is 26.6. The number of nitrogens with one attached hydrogen (secondary N) is 1. The molecule has 0 bridgehead atoms. The van der Waals surface area contributed by atoms with E-state index in [1.165, 1.54) is 6.42 Å². The van der Waals surface area contributed by atoms with Gasteiger partial charge in [-0.2, -0.15) is 0 Å². The number of piperazine rings is 1. The first-order valence-corrected chi connectivity index (χ1v) is 13.2. The van der Waals surface area contributed by atoms with Crippen molar-refractivity contribution in [1.82, 2.24) is 15.1 Å². The molecule has 0 radical (unpaired) electrons. The van der Waals surface area contributed by atoms with Crippen molar-refractivity contribution in [2.75, 3.05) is 57.9 Å². The normalized spacial score (nSPS) is 25.4. The number of carbonyl (C=O) groups excluding carboxylic acids is 3. The van der Waals surface area contributed by atoms with Crippen LogP contribution >= 0.6 is 0 Å². The van der Waals surface area contributed by atoms with Crippen LogP contribution in [0.15, 0.2) is 24.3 Å². The summed E-state index contributed by atoms with van der Waals surface area (Å²) >= 11 is 0. The van der Waals surface area contributed by atoms with E-state index in [9.17, 15) is 14.4 Å². The Kier molecular flexibility index (Phi) is 8.64. The van der Waals surface area contributed by atoms with Gasteiger partial charge in [0.15, 0.2) is 5.78 Å². The van der Waals surface area contributed by atoms with Crippen molar-refractivity contribution < 1.29 is 23.9 Å². The van der Waals surface area contributed by atoms with Crippen LogP contribution < -0.4 is 10.2 Å². The topological polar surface area (TPSA) is 91.4 Å². The summed E-state index contributed by atoms with van der Waals surface area (Å²) in [7, 11) is 1.56. The van der Waals surface area contributed by atoms with Crippen molar-refractivity contribution in [2.24, 2.45) is 5.92 Å². The Labute approximate surface area is 214 Å². The van der Waals surface area contributed by atoms with Crippen LogP contribution in [-0.2, 0) is 19.1 Å². The monoisotopic (exact) mass is 500 g/mol. The van der Waals surface area contributed by atoms with Gasteiger partial charge in [0, 0.05) is 44.5 Å². The number of anilines is 1. The van der Waals surface area contributed by atoms with Crippen LogP contribution in [0, 0.1) is 5.92 Å². The number of likely N-dealkylation sites (tertiary alicyclic amines) is 1. The number of hydrogen-bond donors (Lipinski definition) is 1. The zero-order valence-electron chi connectivity index (χ0n) is 21.9. The number of benzene rings is 1. The van der Waals surface area contributed by atoms with Crippen molar-refractivity contribution in [3.63, 3.8) is 0 Å². The van der Waals surface area contributed by atoms with Gasteiger partial charge in [0.2, 0.25) is 5.91 Å². The molecule has 1 aromatic rings. The van der Waals surface area contributed by atoms with Crippen LogP contribution in [-0.4, -0.2) is 105 Å². The molecule has 1 aromatic carbocycles. The summed E-state index contributed by atoms with van der Waals surface area (Å²) in [4.78, 5) is 45.6. The maximum atomic E-state index is 13.6. The number of fused-ring (bicyclic) bond motifs is 1. The summed E-state index contributed by atoms with van der Waals surface area (Å²) in [5, 5.41) is 2.94. The number of methoxy groups -OCH3 is 1. The SMILES string of the molecule is CCCN1CCN(c2ccc(C(=O)NC(CC(C)C)C(=O)N3C[C@@H](OC)[C@H]4OCC(=O)[C@H]43)cc2)CC1. The molecule has 3 aliphatic heterocycles. The highest BCUT2D eigenvalue weighted by atomic mass is 16.5. The van der Waals surface area contributed by atoms with E-state index >= 15 is 0 Å². The third-order valence-corrected chi connectivity index (χ3v) is 7.44. The molecular formula is C27H40N4O5. The minimum Gasteiger partial charge on any atom is -0.377 e. The Balaban J connectivity index is 1.41. The lowest BCUT2D eigenvalue weighted by Crippen LogP contribution is -2.52. The summed E-state index contributed by atoms with van der Waals surface area (Å²) in [6, 6.07) is 6.22. The zero-order valence-corrected chi connectivity index (χ0v) is 21.9. The van der Waals surface area contributed by atoms with Gasteiger partial charge in [-0.15, -0.1) is 0 Å². The van der Waals surface area contributed by atoms with Crippen molar-refractivity contribution in [1.29, 1.82) is 0 Å². The molecule has 0 aliphatic carbocycles. The number of ether oxygens (including phenoxy) is 2. The third kappa shape index (κ3) is 5.74. The van der Waals surface area contributed by atoms with E-state index in [0.717, 1.165) is 38.4 Å². The fraction of sp³-hybridized carbons (Fsp3) is 0.667. The summed E-state index contributed by atoms with van der Waals surface area (Å²) < 4.78 is 11.1. The highest BCUT2D eigenvalue weighted by molar-refractivity contribution is 5.99. The van der Waals surface area contributed by atoms with Gasteiger partial charge < -0.3 is 24.6 Å². The van der Waals surface area contributed by atoms with Gasteiger partial charge in [-0.3, -0.25) is 19.3 Å². The van der Waals surface area contributed by atoms with E-state index < -0.39 is 18.2 Å². The molecule has 0 aromatic heterocycles. The minimum absolute atomic E-state index is 0.0137. The number of hydrogen-bond acceptors (Lipinski definition) is 7. The Morgan fingerprint density at radius 1 is 1.14 bits per heavy atom. The lowest BCUT2D eigenvalue weighted by Gasteiger charge is -2.36. The standard InChI is InChI=1S/C27H40N4O5/c1-5-10-29-11-13-30(14-12-29)20-8-6-19(7-9-20)26(33)28-21(15-18(2)3)27(34)31-16-23(35-4)25-24(31)22(32)17-36-25/h6-9,18,21,23-25H,5,10-17H2,1-4H3,(H,28,33)/t21?,23-,24-,25-/m1/s1. The van der Waals surface area contributed by atoms with Crippen LogP contribution in [0.25, 0.3) is 0 Å². The number of rotatable bonds is 9. The quantitative estimate of drug-likeness (QED) is 0.550. The van der Waals surface area contributed by atoms with Gasteiger partial charge in [0.25, 0.3) is 5.91 Å². The van der Waals surface area contributed by atoms with Gasteiger partial charge in [0.1, 0.15) is 30.9 Å². The second-order valence-electron chi connectivity index (χ2n) is 10.5. The molecule has 4 atom stereocenters. The summed E-state index contributed by atoms with van der Waals surface area (Å²) in [6.07, 6.45) is 0.848. The number of ketones is 1. The average molecular weight is 501 g/mol. The first-order valence-electron chi connectivity index (χ1n) is 13.2. The van der Waals surface area contributed by atoms with E-state index in [0.29, 0.717) is 12.0 Å². The summed E-state index contributed by atoms with van der Waals surface area (Å²) in [5.41, 5.74) is 1.62. The van der Waals surface area contributed by atoms with E-state index in [2.05, 4.69) is 22.0 Å². The van der Waals surface area contributed by atoms with Crippen LogP contribution in [0.2, 0.25) is 0 Å². The van der Waals surface area contributed by atoms with Gasteiger partial charge in [-0.25, -0.2) is 0 Å². The Bertz CT molecular complexity index is 929. The summed E-state index contributed by atoms with van der Waals surface area (Å²) in [6.45, 7) is 11.7. The lowest BCUT2D eigenvalue weighted by atomic mass is 10.0. The van der Waals surface area contributed by atoms with Crippen LogP contribution in [0.3, 0.4) is 0 Å². The molecule has 1 N–H and O–H groups in total. The second kappa shape index (κ2) is 11.7. The Hall–Kier alpha value is -2.49. The number of nitrogens with zero attached hydrogens (tertiary/aromatic N) is 3. The molecule has 36 heavy (non-hydrogen) atoms. The van der Waals surface area contributed by atoms with Crippen molar-refractivity contribution in [3.05, 3.63) is 29.8 Å². The zero-order chi connectivity index (χ0) is 25.8. The Morgan fingerprint density at radius 2 is 1.83 bits per heavy atom. The third-order valence-electron chi connectivity index (χ3n) is 7.44. The molecule has 3 aliphatic rings. The molecule has 3 saturated heterocycles. The maximum absolute atomic E-state index is 13.6. The second-order valence-corrected chi connectivity index (χ2v) is 10.5. The predicted octanol–water partition coefficient (Wildman–Crippen LogP) is 1.56. The number of amides is 2. The molecule has 9 heteroatoms. The fourth-order valence-corrected chi connectivity index (χ4v) is 5.55. The van der Waals surface area contributed by atoms with Crippen molar-refractivity contribution in [3.8, 4) is 0 Å². The van der Waals surface area contributed by atoms with Crippen molar-refractivity contribution >= 4 is 23.3 Å². The number of Topliss-reactive ketones (excluding diaryl/α,β-unsaturated/α-hetero) is 1. The fourth-order valence-electron chi connectivity index (χ4n) is 5.55. The average Bonchev–Trinajstić information content (AvgIpc) is 3.44. The Morgan fingerprint density at radius 3 is 2.44 bits per heavy atom. The minimum atomic E-state index is -0.728. The van der Waals surface area contributed by atoms with Gasteiger partial charge in [0.05, 0.1) is 6.54 Å². The predicted molar refractivity (Wildman–Crippen MR) is 137 cm³/mol. The maximum Gasteiger partial charge on any atom is 0.251 e. The van der Waals surface area contributed by atoms with E-state index in [-0.39, 0.29) is 42.8 Å². The summed E-state index contributed by atoms with van der Waals surface area (Å²) in [5.74, 6) is -0.484. The van der Waals surface area contributed by atoms with Crippen LogP contribution in [0.5, 0.6) is 0 Å². The molecule has 198 valence electrons. The van der Waals surface area contributed by atoms with Crippen molar-refractivity contribution in [2.45, 2.75) is 57.9 Å². The molecule has 4 rings (SSSR count). The molecule has 1 unspecified atom stereocenters. The molecule has 3 heterocycles. The molecule has 0 saturated carbocycles. The molecule has 0 spiro atoms. The highest BCUT2D eigenvalue weighted by Gasteiger charge is 2.53. The molecule has 9 nitrogen and oxygen atoms in total. The lowest BCUT2D eigenvalue weighted by molar-refractivity contribution is -0.138. The first-order chi connectivity index (χ1) is 17.3. The van der Waals surface area contributed by atoms with E-state index in [1.807, 2.05) is 38.1 Å². The smallest absolute Gasteiger partial charge is 0.251 e. The molecule has 2 amide bonds. The highest BCUT2D eigenvalue weighted by Crippen LogP contribution is 2.30. The van der Waals surface area contributed by atoms with E-state index in [4.69, 9.17) is 9.47 Å². The molecule has 3 fully saturated rings. The largest absolute Gasteiger partial charge is 0.377 e. The number of carbonyl (C=O) groups is 3. The molecular weight excluding hydrogens is 460 g/mol. The van der Waals surface area contributed by atoms with Crippen LogP contribution in [0.4, 0.5) is 5.69 Å². The van der Waals surface area contributed by atoms with Gasteiger partial charge >= 0.3 is 0 Å². The van der Waals surface area contributed by atoms with Gasteiger partial charge in [-0.1, -0.05) is 20.8 Å². The van der Waals surface area contributed by atoms with E-state index in [1.54, 1.807) is 12.0 Å². The van der Waals surface area contributed by atoms with Crippen LogP contribution in [0.1, 0.15) is 44.0 Å².